The first-order valence-electron chi connectivity index (χ1n) is 5.89. The highest BCUT2D eigenvalue weighted by Crippen LogP contribution is 2.19. The maximum absolute atomic E-state index is 13.2. The van der Waals surface area contributed by atoms with Gasteiger partial charge in [-0.25, -0.2) is 14.2 Å². The summed E-state index contributed by atoms with van der Waals surface area (Å²) in [5.41, 5.74) is 5.69. The Kier molecular flexibility index (Phi) is 4.61. The molecule has 1 amide bonds. The molecule has 0 bridgehead atoms. The number of rotatable bonds is 4. The number of ether oxygens (including phenoxy) is 1. The van der Waals surface area contributed by atoms with Gasteiger partial charge in [0.1, 0.15) is 16.5 Å². The van der Waals surface area contributed by atoms with Crippen LogP contribution in [0.3, 0.4) is 0 Å². The molecule has 0 unspecified atom stereocenters. The molecule has 110 valence electrons. The summed E-state index contributed by atoms with van der Waals surface area (Å²) in [6.07, 6.45) is 0. The van der Waals surface area contributed by atoms with Crippen LogP contribution >= 0.6 is 11.3 Å². The lowest BCUT2D eigenvalue weighted by Gasteiger charge is -2.08. The van der Waals surface area contributed by atoms with Gasteiger partial charge in [-0.05, 0) is 18.2 Å². The highest BCUT2D eigenvalue weighted by molar-refractivity contribution is 7.09. The second-order valence-electron chi connectivity index (χ2n) is 3.97. The van der Waals surface area contributed by atoms with Crippen LogP contribution in [0.15, 0.2) is 23.6 Å². The van der Waals surface area contributed by atoms with Crippen LogP contribution in [0, 0.1) is 5.82 Å². The van der Waals surface area contributed by atoms with Gasteiger partial charge in [0.2, 0.25) is 0 Å². The molecular weight excluding hydrogens is 297 g/mol. The molecule has 0 atom stereocenters. The highest BCUT2D eigenvalue weighted by Gasteiger charge is 2.17. The van der Waals surface area contributed by atoms with Crippen molar-refractivity contribution in [3.05, 3.63) is 45.7 Å². The SMILES string of the molecule is COC(=O)c1cc(F)ccc1NC(=O)c1csc(CN)n1. The average molecular weight is 309 g/mol. The fraction of sp³-hybridized carbons (Fsp3) is 0.154. The van der Waals surface area contributed by atoms with E-state index in [0.717, 1.165) is 12.1 Å². The normalized spacial score (nSPS) is 10.2. The zero-order valence-electron chi connectivity index (χ0n) is 11.1. The van der Waals surface area contributed by atoms with E-state index >= 15 is 0 Å². The Bertz CT molecular complexity index is 687. The molecule has 0 aliphatic rings. The van der Waals surface area contributed by atoms with Crippen LogP contribution in [0.25, 0.3) is 0 Å². The van der Waals surface area contributed by atoms with Gasteiger partial charge in [-0.15, -0.1) is 11.3 Å². The molecule has 8 heteroatoms. The largest absolute Gasteiger partial charge is 0.465 e. The van der Waals surface area contributed by atoms with E-state index in [2.05, 4.69) is 15.0 Å². The molecule has 0 saturated carbocycles. The van der Waals surface area contributed by atoms with E-state index in [1.54, 1.807) is 5.38 Å². The Hall–Kier alpha value is -2.32. The molecule has 0 fully saturated rings. The van der Waals surface area contributed by atoms with E-state index < -0.39 is 17.7 Å². The zero-order valence-corrected chi connectivity index (χ0v) is 11.9. The number of nitrogens with two attached hydrogens (primary N) is 1. The van der Waals surface area contributed by atoms with Gasteiger partial charge in [0, 0.05) is 11.9 Å². The van der Waals surface area contributed by atoms with Crippen molar-refractivity contribution >= 4 is 28.9 Å². The Morgan fingerprint density at radius 1 is 1.48 bits per heavy atom. The summed E-state index contributed by atoms with van der Waals surface area (Å²) >= 11 is 1.26. The minimum Gasteiger partial charge on any atom is -0.465 e. The fourth-order valence-electron chi connectivity index (χ4n) is 1.60. The molecule has 1 aromatic heterocycles. The van der Waals surface area contributed by atoms with Crippen molar-refractivity contribution < 1.29 is 18.7 Å². The third kappa shape index (κ3) is 3.41. The topological polar surface area (TPSA) is 94.3 Å². The first-order chi connectivity index (χ1) is 10.0. The van der Waals surface area contributed by atoms with Crippen molar-refractivity contribution in [1.82, 2.24) is 4.98 Å². The Morgan fingerprint density at radius 3 is 2.86 bits per heavy atom. The predicted octanol–water partition coefficient (Wildman–Crippen LogP) is 1.78. The van der Waals surface area contributed by atoms with Gasteiger partial charge < -0.3 is 15.8 Å². The second-order valence-corrected chi connectivity index (χ2v) is 4.91. The van der Waals surface area contributed by atoms with Crippen LogP contribution in [0.1, 0.15) is 25.9 Å². The van der Waals surface area contributed by atoms with E-state index in [0.29, 0.717) is 5.01 Å². The number of esters is 1. The van der Waals surface area contributed by atoms with E-state index in [9.17, 15) is 14.0 Å². The van der Waals surface area contributed by atoms with Gasteiger partial charge in [0.25, 0.3) is 5.91 Å². The van der Waals surface area contributed by atoms with Crippen molar-refractivity contribution in [2.45, 2.75) is 6.54 Å². The van der Waals surface area contributed by atoms with E-state index in [1.165, 1.54) is 24.5 Å². The Labute approximate surface area is 123 Å². The lowest BCUT2D eigenvalue weighted by Crippen LogP contribution is -2.16. The molecule has 0 radical (unpaired) electrons. The number of benzene rings is 1. The first-order valence-corrected chi connectivity index (χ1v) is 6.76. The molecule has 6 nitrogen and oxygen atoms in total. The molecule has 0 saturated heterocycles. The van der Waals surface area contributed by atoms with Crippen LogP contribution < -0.4 is 11.1 Å². The summed E-state index contributed by atoms with van der Waals surface area (Å²) < 4.78 is 17.8. The van der Waals surface area contributed by atoms with Gasteiger partial charge >= 0.3 is 5.97 Å². The second kappa shape index (κ2) is 6.42. The quantitative estimate of drug-likeness (QED) is 0.840. The number of anilines is 1. The average Bonchev–Trinajstić information content (AvgIpc) is 2.97. The highest BCUT2D eigenvalue weighted by atomic mass is 32.1. The Balaban J connectivity index is 2.26. The van der Waals surface area contributed by atoms with Crippen molar-refractivity contribution in [2.24, 2.45) is 5.73 Å². The van der Waals surface area contributed by atoms with Crippen molar-refractivity contribution in [3.63, 3.8) is 0 Å². The molecule has 0 aliphatic carbocycles. The number of thiazole rings is 1. The molecule has 1 heterocycles. The maximum Gasteiger partial charge on any atom is 0.340 e. The van der Waals surface area contributed by atoms with Gasteiger partial charge in [-0.1, -0.05) is 0 Å². The van der Waals surface area contributed by atoms with Crippen LogP contribution in [-0.2, 0) is 11.3 Å². The lowest BCUT2D eigenvalue weighted by molar-refractivity contribution is 0.0601. The van der Waals surface area contributed by atoms with Crippen molar-refractivity contribution in [3.8, 4) is 0 Å². The van der Waals surface area contributed by atoms with Crippen molar-refractivity contribution in [1.29, 1.82) is 0 Å². The Morgan fingerprint density at radius 2 is 2.24 bits per heavy atom. The number of nitrogens with one attached hydrogen (secondary N) is 1. The fourth-order valence-corrected chi connectivity index (χ4v) is 2.25. The van der Waals surface area contributed by atoms with Crippen LogP contribution in [-0.4, -0.2) is 24.0 Å². The summed E-state index contributed by atoms with van der Waals surface area (Å²) in [4.78, 5) is 27.7. The van der Waals surface area contributed by atoms with Crippen LogP contribution in [0.5, 0.6) is 0 Å². The number of amides is 1. The van der Waals surface area contributed by atoms with Gasteiger partial charge in [0.05, 0.1) is 18.4 Å². The van der Waals surface area contributed by atoms with E-state index in [4.69, 9.17) is 5.73 Å². The molecule has 2 rings (SSSR count). The van der Waals surface area contributed by atoms with Gasteiger partial charge in [-0.3, -0.25) is 4.79 Å². The summed E-state index contributed by atoms with van der Waals surface area (Å²) in [6, 6.07) is 3.41. The van der Waals surface area contributed by atoms with E-state index in [-0.39, 0.29) is 23.5 Å². The minimum absolute atomic E-state index is 0.0693. The number of halogens is 1. The number of hydrogen-bond donors (Lipinski definition) is 2. The van der Waals surface area contributed by atoms with Crippen LogP contribution in [0.4, 0.5) is 10.1 Å². The zero-order chi connectivity index (χ0) is 15.4. The summed E-state index contributed by atoms with van der Waals surface area (Å²) in [6.45, 7) is 0.238. The third-order valence-corrected chi connectivity index (χ3v) is 3.47. The molecular formula is C13H12FN3O3S. The summed E-state index contributed by atoms with van der Waals surface area (Å²) in [7, 11) is 1.17. The number of carbonyl (C=O) groups excluding carboxylic acids is 2. The van der Waals surface area contributed by atoms with Gasteiger partial charge in [0.15, 0.2) is 0 Å². The molecule has 0 aliphatic heterocycles. The predicted molar refractivity (Wildman–Crippen MR) is 75.7 cm³/mol. The monoisotopic (exact) mass is 309 g/mol. The number of hydrogen-bond acceptors (Lipinski definition) is 6. The molecule has 0 spiro atoms. The summed E-state index contributed by atoms with van der Waals surface area (Å²) in [5.74, 6) is -1.86. The minimum atomic E-state index is -0.745. The molecule has 3 N–H and O–H groups in total. The van der Waals surface area contributed by atoms with E-state index in [1.807, 2.05) is 0 Å². The van der Waals surface area contributed by atoms with Crippen LogP contribution in [0.2, 0.25) is 0 Å². The van der Waals surface area contributed by atoms with Gasteiger partial charge in [-0.2, -0.15) is 0 Å². The number of carbonyl (C=O) groups is 2. The third-order valence-electron chi connectivity index (χ3n) is 2.59. The lowest BCUT2D eigenvalue weighted by atomic mass is 10.1. The maximum atomic E-state index is 13.2. The molecule has 1 aromatic carbocycles. The van der Waals surface area contributed by atoms with Crippen molar-refractivity contribution in [2.75, 3.05) is 12.4 Å². The summed E-state index contributed by atoms with van der Waals surface area (Å²) in [5, 5.41) is 4.68. The number of nitrogens with zero attached hydrogens (tertiary/aromatic N) is 1. The molecule has 2 aromatic rings. The first kappa shape index (κ1) is 15.1. The smallest absolute Gasteiger partial charge is 0.340 e. The standard InChI is InChI=1S/C13H12FN3O3S/c1-20-13(19)8-4-7(14)2-3-9(8)17-12(18)10-6-21-11(5-15)16-10/h2-4,6H,5,15H2,1H3,(H,17,18). The number of aromatic nitrogens is 1. The number of methoxy groups -OCH3 is 1. The molecule has 21 heavy (non-hydrogen) atoms.